The van der Waals surface area contributed by atoms with Crippen LogP contribution in [0.25, 0.3) is 0 Å². The number of hydrogen-bond donors (Lipinski definition) is 1. The van der Waals surface area contributed by atoms with E-state index < -0.39 is 0 Å². The summed E-state index contributed by atoms with van der Waals surface area (Å²) in [6.45, 7) is 8.12. The zero-order valence-electron chi connectivity index (χ0n) is 15.4. The van der Waals surface area contributed by atoms with Gasteiger partial charge in [0.05, 0.1) is 18.2 Å². The van der Waals surface area contributed by atoms with Gasteiger partial charge in [-0.15, -0.1) is 5.10 Å². The van der Waals surface area contributed by atoms with Crippen LogP contribution in [0.4, 0.5) is 5.82 Å². The molecule has 0 unspecified atom stereocenters. The van der Waals surface area contributed by atoms with Crippen LogP contribution in [0.2, 0.25) is 0 Å². The van der Waals surface area contributed by atoms with E-state index in [2.05, 4.69) is 52.2 Å². The van der Waals surface area contributed by atoms with E-state index in [1.54, 1.807) is 17.1 Å². The third-order valence-corrected chi connectivity index (χ3v) is 4.62. The van der Waals surface area contributed by atoms with Crippen LogP contribution in [0.3, 0.4) is 0 Å². The Balaban J connectivity index is 1.55. The van der Waals surface area contributed by atoms with Crippen molar-refractivity contribution in [3.8, 4) is 0 Å². The molecule has 1 aliphatic heterocycles. The van der Waals surface area contributed by atoms with E-state index in [0.717, 1.165) is 37.4 Å². The summed E-state index contributed by atoms with van der Waals surface area (Å²) in [5.74, 6) is 0.845. The molecule has 0 bridgehead atoms. The van der Waals surface area contributed by atoms with Crippen molar-refractivity contribution in [3.05, 3.63) is 36.0 Å². The molecule has 0 radical (unpaired) electrons. The van der Waals surface area contributed by atoms with Crippen molar-refractivity contribution in [1.29, 1.82) is 0 Å². The van der Waals surface area contributed by atoms with Gasteiger partial charge in [0, 0.05) is 31.6 Å². The Labute approximate surface area is 148 Å². The van der Waals surface area contributed by atoms with Crippen LogP contribution in [0, 0.1) is 0 Å². The van der Waals surface area contributed by atoms with E-state index in [1.807, 2.05) is 13.1 Å². The van der Waals surface area contributed by atoms with Crippen LogP contribution in [-0.2, 0) is 12.5 Å². The quantitative estimate of drug-likeness (QED) is 0.922. The summed E-state index contributed by atoms with van der Waals surface area (Å²) < 4.78 is 1.73. The zero-order valence-corrected chi connectivity index (χ0v) is 15.4. The smallest absolute Gasteiger partial charge is 0.269 e. The summed E-state index contributed by atoms with van der Waals surface area (Å²) in [6.07, 6.45) is 5.02. The highest BCUT2D eigenvalue weighted by atomic mass is 16.2. The fraction of sp³-hybridized carbons (Fsp3) is 0.556. The number of nitrogens with one attached hydrogen (secondary N) is 1. The Bertz CT molecular complexity index is 723. The Hall–Kier alpha value is -2.44. The molecule has 1 N–H and O–H groups in total. The molecule has 7 nitrogen and oxygen atoms in total. The van der Waals surface area contributed by atoms with Crippen LogP contribution < -0.4 is 10.2 Å². The lowest BCUT2D eigenvalue weighted by atomic mass is 9.92. The van der Waals surface area contributed by atoms with E-state index in [0.29, 0.717) is 5.69 Å². The second-order valence-electron chi connectivity index (χ2n) is 7.65. The van der Waals surface area contributed by atoms with E-state index in [-0.39, 0.29) is 17.4 Å². The summed E-state index contributed by atoms with van der Waals surface area (Å²) in [7, 11) is 1.82. The van der Waals surface area contributed by atoms with Crippen LogP contribution in [0.1, 0.15) is 49.8 Å². The maximum atomic E-state index is 12.3. The van der Waals surface area contributed by atoms with Crippen molar-refractivity contribution in [2.24, 2.45) is 7.05 Å². The van der Waals surface area contributed by atoms with Gasteiger partial charge in [0.25, 0.3) is 5.91 Å². The van der Waals surface area contributed by atoms with Crippen molar-refractivity contribution < 1.29 is 4.79 Å². The minimum atomic E-state index is -0.0622. The first-order chi connectivity index (χ1) is 11.8. The van der Waals surface area contributed by atoms with Gasteiger partial charge in [-0.3, -0.25) is 4.79 Å². The van der Waals surface area contributed by atoms with Crippen LogP contribution in [-0.4, -0.2) is 44.8 Å². The summed E-state index contributed by atoms with van der Waals surface area (Å²) in [5.41, 5.74) is 1.59. The number of piperidine rings is 1. The average molecular weight is 342 g/mol. The van der Waals surface area contributed by atoms with Crippen molar-refractivity contribution in [2.75, 3.05) is 18.0 Å². The van der Waals surface area contributed by atoms with Crippen molar-refractivity contribution >= 4 is 11.7 Å². The summed E-state index contributed by atoms with van der Waals surface area (Å²) in [5, 5.41) is 11.8. The number of anilines is 1. The normalized spacial score (nSPS) is 16.1. The summed E-state index contributed by atoms with van der Waals surface area (Å²) in [4.78, 5) is 18.5. The van der Waals surface area contributed by atoms with Gasteiger partial charge in [0.2, 0.25) is 0 Å². The predicted octanol–water partition coefficient (Wildman–Crippen LogP) is 1.91. The zero-order chi connectivity index (χ0) is 18.0. The fourth-order valence-corrected chi connectivity index (χ4v) is 2.98. The Morgan fingerprint density at radius 3 is 2.44 bits per heavy atom. The number of nitrogens with zero attached hydrogens (tertiary/aromatic N) is 5. The molecule has 0 atom stereocenters. The number of amides is 1. The molecule has 1 fully saturated rings. The minimum absolute atomic E-state index is 0.00854. The molecule has 3 rings (SSSR count). The van der Waals surface area contributed by atoms with Gasteiger partial charge in [-0.05, 0) is 25.0 Å². The number of imidazole rings is 1. The Morgan fingerprint density at radius 2 is 1.92 bits per heavy atom. The van der Waals surface area contributed by atoms with Gasteiger partial charge in [0.1, 0.15) is 5.69 Å². The molecule has 0 saturated carbocycles. The summed E-state index contributed by atoms with van der Waals surface area (Å²) >= 11 is 0. The molecule has 25 heavy (non-hydrogen) atoms. The van der Waals surface area contributed by atoms with Gasteiger partial charge in [-0.2, -0.15) is 5.10 Å². The lowest BCUT2D eigenvalue weighted by molar-refractivity contribution is 0.0923. The molecule has 2 aromatic rings. The van der Waals surface area contributed by atoms with Gasteiger partial charge in [0.15, 0.2) is 5.82 Å². The lowest BCUT2D eigenvalue weighted by Crippen LogP contribution is -2.45. The van der Waals surface area contributed by atoms with Crippen molar-refractivity contribution in [3.63, 3.8) is 0 Å². The Morgan fingerprint density at radius 1 is 1.20 bits per heavy atom. The highest BCUT2D eigenvalue weighted by Crippen LogP contribution is 2.22. The van der Waals surface area contributed by atoms with E-state index >= 15 is 0 Å². The van der Waals surface area contributed by atoms with Crippen LogP contribution >= 0.6 is 0 Å². The second kappa shape index (κ2) is 6.82. The molecule has 1 saturated heterocycles. The standard InChI is InChI=1S/C18H26N6O/c1-18(2,3)15-5-6-16(22-21-15)24-9-7-13(8-10-24)20-17(25)14-11-19-12-23(14)4/h5-6,11-13H,7-10H2,1-4H3,(H,20,25). The topological polar surface area (TPSA) is 75.9 Å². The largest absolute Gasteiger partial charge is 0.355 e. The molecule has 1 amide bonds. The lowest BCUT2D eigenvalue weighted by Gasteiger charge is -2.33. The second-order valence-corrected chi connectivity index (χ2v) is 7.65. The van der Waals surface area contributed by atoms with Gasteiger partial charge >= 0.3 is 0 Å². The van der Waals surface area contributed by atoms with Crippen molar-refractivity contribution in [1.82, 2.24) is 25.1 Å². The highest BCUT2D eigenvalue weighted by Gasteiger charge is 2.23. The molecule has 7 heteroatoms. The predicted molar refractivity (Wildman–Crippen MR) is 96.6 cm³/mol. The third-order valence-electron chi connectivity index (χ3n) is 4.62. The fourth-order valence-electron chi connectivity index (χ4n) is 2.98. The number of hydrogen-bond acceptors (Lipinski definition) is 5. The number of rotatable bonds is 3. The number of carbonyl (C=O) groups is 1. The molecule has 0 spiro atoms. The van der Waals surface area contributed by atoms with Crippen LogP contribution in [0.5, 0.6) is 0 Å². The van der Waals surface area contributed by atoms with E-state index in [4.69, 9.17) is 0 Å². The third kappa shape index (κ3) is 3.97. The molecule has 2 aromatic heterocycles. The number of aromatic nitrogens is 4. The Kier molecular flexibility index (Phi) is 4.74. The minimum Gasteiger partial charge on any atom is -0.355 e. The molecule has 1 aliphatic rings. The van der Waals surface area contributed by atoms with E-state index in [9.17, 15) is 4.79 Å². The number of aryl methyl sites for hydroxylation is 1. The van der Waals surface area contributed by atoms with Crippen LogP contribution in [0.15, 0.2) is 24.7 Å². The van der Waals surface area contributed by atoms with Gasteiger partial charge in [-0.25, -0.2) is 4.98 Å². The van der Waals surface area contributed by atoms with Gasteiger partial charge < -0.3 is 14.8 Å². The van der Waals surface area contributed by atoms with E-state index in [1.165, 1.54) is 0 Å². The molecule has 134 valence electrons. The molecular formula is C18H26N6O. The monoisotopic (exact) mass is 342 g/mol. The molecular weight excluding hydrogens is 316 g/mol. The molecule has 0 aromatic carbocycles. The SMILES string of the molecule is Cn1cncc1C(=O)NC1CCN(c2ccc(C(C)(C)C)nn2)CC1. The first kappa shape index (κ1) is 17.4. The first-order valence-electron chi connectivity index (χ1n) is 8.71. The maximum absolute atomic E-state index is 12.3. The maximum Gasteiger partial charge on any atom is 0.269 e. The van der Waals surface area contributed by atoms with Gasteiger partial charge in [-0.1, -0.05) is 20.8 Å². The summed E-state index contributed by atoms with van der Waals surface area (Å²) in [6, 6.07) is 4.28. The highest BCUT2D eigenvalue weighted by molar-refractivity contribution is 5.92. The average Bonchev–Trinajstić information content (AvgIpc) is 3.01. The molecule has 3 heterocycles. The first-order valence-corrected chi connectivity index (χ1v) is 8.71. The molecule has 0 aliphatic carbocycles. The van der Waals surface area contributed by atoms with Crippen molar-refractivity contribution in [2.45, 2.75) is 45.1 Å². The number of carbonyl (C=O) groups excluding carboxylic acids is 1.